The smallest absolute Gasteiger partial charge is 0.226 e. The van der Waals surface area contributed by atoms with Crippen LogP contribution in [0.2, 0.25) is 0 Å². The molecule has 0 saturated carbocycles. The molecule has 2 aromatic rings. The van der Waals surface area contributed by atoms with Gasteiger partial charge in [0.05, 0.1) is 24.2 Å². The van der Waals surface area contributed by atoms with Crippen molar-refractivity contribution in [3.8, 4) is 5.75 Å². The molecular weight excluding hydrogens is 427 g/mol. The Morgan fingerprint density at radius 3 is 2.36 bits per heavy atom. The maximum absolute atomic E-state index is 13.0. The normalized spacial score (nSPS) is 10.9. The van der Waals surface area contributed by atoms with Crippen LogP contribution in [0.3, 0.4) is 0 Å². The summed E-state index contributed by atoms with van der Waals surface area (Å²) in [5.74, 6) is -0.163. The largest absolute Gasteiger partial charge is 0.497 e. The van der Waals surface area contributed by atoms with Gasteiger partial charge in [-0.1, -0.05) is 6.42 Å². The molecule has 0 bridgehead atoms. The summed E-state index contributed by atoms with van der Waals surface area (Å²) in [5.41, 5.74) is 13.3. The van der Waals surface area contributed by atoms with E-state index in [1.807, 2.05) is 0 Å². The quantitative estimate of drug-likeness (QED) is 0.218. The van der Waals surface area contributed by atoms with Crippen LogP contribution in [0.4, 0.5) is 15.8 Å². The molecule has 2 aromatic carbocycles. The molecule has 0 radical (unpaired) electrons. The molecule has 33 heavy (non-hydrogen) atoms. The number of carbonyl (C=O) groups excluding carboxylic acids is 2. The summed E-state index contributed by atoms with van der Waals surface area (Å²) < 4.78 is 23.4. The van der Waals surface area contributed by atoms with E-state index in [2.05, 4.69) is 17.2 Å². The van der Waals surface area contributed by atoms with Gasteiger partial charge in [0, 0.05) is 18.4 Å². The zero-order chi connectivity index (χ0) is 24.2. The second kappa shape index (κ2) is 12.7. The Bertz CT molecular complexity index is 1010. The lowest BCUT2D eigenvalue weighted by atomic mass is 10.1. The number of rotatable bonds is 12. The Balaban J connectivity index is 1.62. The van der Waals surface area contributed by atoms with Crippen LogP contribution < -0.4 is 26.8 Å². The molecule has 0 aromatic heterocycles. The summed E-state index contributed by atoms with van der Waals surface area (Å²) in [7, 11) is 1.58. The molecular formula is C24H29FN4O4. The Morgan fingerprint density at radius 1 is 1.06 bits per heavy atom. The Hall–Kier alpha value is -4.01. The molecule has 0 spiro atoms. The molecule has 176 valence electrons. The van der Waals surface area contributed by atoms with Crippen molar-refractivity contribution in [2.24, 2.45) is 5.73 Å². The third-order valence-electron chi connectivity index (χ3n) is 4.63. The van der Waals surface area contributed by atoms with Crippen LogP contribution in [0.5, 0.6) is 5.75 Å². The van der Waals surface area contributed by atoms with Gasteiger partial charge < -0.3 is 26.3 Å². The fraction of sp³-hybridized carbons (Fsp3) is 0.250. The fourth-order valence-corrected chi connectivity index (χ4v) is 2.84. The molecule has 0 saturated heterocycles. The monoisotopic (exact) mass is 456 g/mol. The first-order valence-electron chi connectivity index (χ1n) is 10.4. The molecule has 0 unspecified atom stereocenters. The summed E-state index contributed by atoms with van der Waals surface area (Å²) in [5, 5.41) is 5.19. The molecule has 0 aliphatic heterocycles. The lowest BCUT2D eigenvalue weighted by Crippen LogP contribution is -2.22. The first-order chi connectivity index (χ1) is 15.8. The molecule has 9 heteroatoms. The van der Waals surface area contributed by atoms with Gasteiger partial charge in [0.25, 0.3) is 0 Å². The molecule has 2 rings (SSSR count). The minimum absolute atomic E-state index is 0.0627. The van der Waals surface area contributed by atoms with Crippen molar-refractivity contribution < 1.29 is 23.5 Å². The van der Waals surface area contributed by atoms with Crippen molar-refractivity contribution in [2.75, 3.05) is 18.2 Å². The third-order valence-corrected chi connectivity index (χ3v) is 4.63. The van der Waals surface area contributed by atoms with Crippen molar-refractivity contribution in [3.05, 3.63) is 72.6 Å². The van der Waals surface area contributed by atoms with Gasteiger partial charge in [-0.25, -0.2) is 4.39 Å². The molecule has 0 atom stereocenters. The summed E-state index contributed by atoms with van der Waals surface area (Å²) in [6, 6.07) is 10.9. The number of unbranched alkanes of at least 4 members (excludes halogenated alkanes) is 2. The number of amides is 2. The van der Waals surface area contributed by atoms with E-state index in [0.29, 0.717) is 36.4 Å². The summed E-state index contributed by atoms with van der Waals surface area (Å²) in [6.45, 7) is 3.65. The lowest BCUT2D eigenvalue weighted by Gasteiger charge is -2.09. The first-order valence-corrected chi connectivity index (χ1v) is 10.4. The van der Waals surface area contributed by atoms with E-state index in [4.69, 9.17) is 20.9 Å². The number of nitrogen functional groups attached to an aromatic ring is 1. The summed E-state index contributed by atoms with van der Waals surface area (Å²) >= 11 is 0. The number of carbonyl (C=O) groups is 2. The number of ether oxygens (including phenoxy) is 2. The van der Waals surface area contributed by atoms with Gasteiger partial charge in [-0.2, -0.15) is 0 Å². The highest BCUT2D eigenvalue weighted by Crippen LogP contribution is 2.19. The predicted molar refractivity (Wildman–Crippen MR) is 126 cm³/mol. The van der Waals surface area contributed by atoms with Crippen molar-refractivity contribution in [3.63, 3.8) is 0 Å². The van der Waals surface area contributed by atoms with Crippen LogP contribution in [0.1, 0.15) is 37.7 Å². The van der Waals surface area contributed by atoms with E-state index in [-0.39, 0.29) is 36.2 Å². The molecule has 0 fully saturated rings. The number of hydrogen-bond donors (Lipinski definition) is 4. The minimum Gasteiger partial charge on any atom is -0.497 e. The first kappa shape index (κ1) is 25.3. The summed E-state index contributed by atoms with van der Waals surface area (Å²) in [4.78, 5) is 24.0. The van der Waals surface area contributed by atoms with Gasteiger partial charge in [0.15, 0.2) is 5.88 Å². The van der Waals surface area contributed by atoms with Crippen molar-refractivity contribution in [2.45, 2.75) is 32.1 Å². The number of benzene rings is 2. The highest BCUT2D eigenvalue weighted by molar-refractivity contribution is 5.93. The number of hydrogen-bond acceptors (Lipinski definition) is 6. The van der Waals surface area contributed by atoms with E-state index < -0.39 is 5.82 Å². The maximum Gasteiger partial charge on any atom is 0.226 e. The van der Waals surface area contributed by atoms with Crippen LogP contribution in [-0.4, -0.2) is 18.9 Å². The maximum atomic E-state index is 13.0. The highest BCUT2D eigenvalue weighted by Gasteiger charge is 2.08. The van der Waals surface area contributed by atoms with Crippen LogP contribution in [0.15, 0.2) is 61.2 Å². The second-order valence-electron chi connectivity index (χ2n) is 7.23. The zero-order valence-electron chi connectivity index (χ0n) is 18.5. The molecule has 8 nitrogen and oxygen atoms in total. The molecule has 6 N–H and O–H groups in total. The second-order valence-corrected chi connectivity index (χ2v) is 7.23. The summed E-state index contributed by atoms with van der Waals surface area (Å²) in [6.07, 6.45) is 3.69. The SMILES string of the molecule is C=C(NC(=O)CCCCCC(=O)Nc1ccc(F)cc1N)O/C=C(\N)c1ccc(OC)cc1. The van der Waals surface area contributed by atoms with E-state index in [0.717, 1.165) is 11.6 Å². The standard InChI is InChI=1S/C24H29FN4O4/c1-16(33-15-21(27)17-8-11-19(32-2)12-9-17)28-23(30)6-4-3-5-7-24(31)29-22-13-10-18(25)14-20(22)26/h8-15H,1,3-7,26-27H2,2H3,(H,28,30)(H,29,31)/b21-15-. The Labute approximate surface area is 192 Å². The van der Waals surface area contributed by atoms with E-state index in [1.54, 1.807) is 31.4 Å². The highest BCUT2D eigenvalue weighted by atomic mass is 19.1. The van der Waals surface area contributed by atoms with Crippen LogP contribution in [-0.2, 0) is 14.3 Å². The minimum atomic E-state index is -0.464. The van der Waals surface area contributed by atoms with Crippen molar-refractivity contribution in [1.29, 1.82) is 0 Å². The van der Waals surface area contributed by atoms with Gasteiger partial charge >= 0.3 is 0 Å². The number of nitrogens with two attached hydrogens (primary N) is 2. The van der Waals surface area contributed by atoms with Gasteiger partial charge in [-0.15, -0.1) is 0 Å². The number of methoxy groups -OCH3 is 1. The lowest BCUT2D eigenvalue weighted by molar-refractivity contribution is -0.121. The molecule has 0 aliphatic rings. The topological polar surface area (TPSA) is 129 Å². The van der Waals surface area contributed by atoms with E-state index in [9.17, 15) is 14.0 Å². The number of halogens is 1. The predicted octanol–water partition coefficient (Wildman–Crippen LogP) is 3.87. The third kappa shape index (κ3) is 8.94. The van der Waals surface area contributed by atoms with Gasteiger partial charge in [0.1, 0.15) is 17.8 Å². The van der Waals surface area contributed by atoms with Crippen LogP contribution >= 0.6 is 0 Å². The van der Waals surface area contributed by atoms with Gasteiger partial charge in [-0.05, 0) is 61.9 Å². The fourth-order valence-electron chi connectivity index (χ4n) is 2.84. The van der Waals surface area contributed by atoms with E-state index >= 15 is 0 Å². The van der Waals surface area contributed by atoms with E-state index in [1.165, 1.54) is 18.4 Å². The average molecular weight is 457 g/mol. The van der Waals surface area contributed by atoms with Gasteiger partial charge in [-0.3, -0.25) is 14.9 Å². The van der Waals surface area contributed by atoms with Crippen LogP contribution in [0, 0.1) is 5.82 Å². The molecule has 2 amide bonds. The molecule has 0 heterocycles. The Kier molecular flexibility index (Phi) is 9.76. The van der Waals surface area contributed by atoms with Gasteiger partial charge in [0.2, 0.25) is 11.8 Å². The average Bonchev–Trinajstić information content (AvgIpc) is 2.79. The number of nitrogens with one attached hydrogen (secondary N) is 2. The molecule has 0 aliphatic carbocycles. The van der Waals surface area contributed by atoms with Crippen molar-refractivity contribution in [1.82, 2.24) is 5.32 Å². The van der Waals surface area contributed by atoms with Crippen LogP contribution in [0.25, 0.3) is 5.70 Å². The Morgan fingerprint density at radius 2 is 1.73 bits per heavy atom. The zero-order valence-corrected chi connectivity index (χ0v) is 18.5. The number of anilines is 2. The van der Waals surface area contributed by atoms with Crippen molar-refractivity contribution >= 4 is 28.9 Å².